The summed E-state index contributed by atoms with van der Waals surface area (Å²) in [6, 6.07) is -3.13. The second-order valence-electron chi connectivity index (χ2n) is 3.93. The first-order valence-electron chi connectivity index (χ1n) is 5.14. The number of imide groups is 1. The van der Waals surface area contributed by atoms with Crippen LogP contribution in [0, 0.1) is 0 Å². The summed E-state index contributed by atoms with van der Waals surface area (Å²) < 4.78 is 38.5. The van der Waals surface area contributed by atoms with Crippen molar-refractivity contribution >= 4 is 11.8 Å². The molecular formula is C9H14F3N3O2. The summed E-state index contributed by atoms with van der Waals surface area (Å²) in [4.78, 5) is 22.9. The molecule has 0 aromatic heterocycles. The first kappa shape index (κ1) is 13.9. The summed E-state index contributed by atoms with van der Waals surface area (Å²) in [5, 5.41) is 1.94. The van der Waals surface area contributed by atoms with Gasteiger partial charge in [-0.2, -0.15) is 13.2 Å². The Morgan fingerprint density at radius 3 is 2.18 bits per heavy atom. The number of hydrogen-bond donors (Lipinski definition) is 2. The number of carbonyl (C=O) groups is 2. The van der Waals surface area contributed by atoms with Crippen molar-refractivity contribution in [2.45, 2.75) is 31.6 Å². The summed E-state index contributed by atoms with van der Waals surface area (Å²) >= 11 is 0. The normalized spacial score (nSPS) is 22.2. The lowest BCUT2D eigenvalue weighted by Crippen LogP contribution is -2.63. The van der Waals surface area contributed by atoms with Crippen LogP contribution >= 0.6 is 0 Å². The predicted octanol–water partition coefficient (Wildman–Crippen LogP) is -0.387. The first-order valence-corrected chi connectivity index (χ1v) is 5.14. The molecular weight excluding hydrogens is 239 g/mol. The van der Waals surface area contributed by atoms with Gasteiger partial charge >= 0.3 is 6.18 Å². The van der Waals surface area contributed by atoms with Crippen LogP contribution in [0.4, 0.5) is 13.2 Å². The van der Waals surface area contributed by atoms with Crippen molar-refractivity contribution < 1.29 is 22.8 Å². The molecule has 0 aliphatic carbocycles. The molecule has 2 atom stereocenters. The van der Waals surface area contributed by atoms with Gasteiger partial charge in [0.05, 0.1) is 13.1 Å². The summed E-state index contributed by atoms with van der Waals surface area (Å²) in [7, 11) is 0. The predicted molar refractivity (Wildman–Crippen MR) is 52.8 cm³/mol. The Balaban J connectivity index is 2.90. The lowest BCUT2D eigenvalue weighted by Gasteiger charge is -2.37. The number of nitrogens with zero attached hydrogens (tertiary/aromatic N) is 1. The van der Waals surface area contributed by atoms with Gasteiger partial charge in [-0.1, -0.05) is 6.92 Å². The van der Waals surface area contributed by atoms with Crippen molar-refractivity contribution in [2.24, 2.45) is 5.73 Å². The van der Waals surface area contributed by atoms with Crippen molar-refractivity contribution in [1.82, 2.24) is 10.2 Å². The van der Waals surface area contributed by atoms with Crippen LogP contribution in [-0.2, 0) is 9.59 Å². The number of alkyl halides is 3. The highest BCUT2D eigenvalue weighted by molar-refractivity contribution is 5.99. The third-order valence-corrected chi connectivity index (χ3v) is 2.58. The van der Waals surface area contributed by atoms with Crippen LogP contribution in [0.2, 0.25) is 0 Å². The van der Waals surface area contributed by atoms with Crippen LogP contribution in [0.1, 0.15) is 13.3 Å². The average Bonchev–Trinajstić information content (AvgIpc) is 2.13. The van der Waals surface area contributed by atoms with Crippen molar-refractivity contribution in [3.05, 3.63) is 0 Å². The van der Waals surface area contributed by atoms with Crippen LogP contribution in [0.15, 0.2) is 0 Å². The maximum absolute atomic E-state index is 12.8. The van der Waals surface area contributed by atoms with Crippen molar-refractivity contribution in [3.8, 4) is 0 Å². The highest BCUT2D eigenvalue weighted by atomic mass is 19.4. The van der Waals surface area contributed by atoms with Gasteiger partial charge in [-0.15, -0.1) is 0 Å². The van der Waals surface area contributed by atoms with E-state index in [9.17, 15) is 22.8 Å². The molecule has 1 aliphatic rings. The third kappa shape index (κ3) is 3.40. The van der Waals surface area contributed by atoms with E-state index >= 15 is 0 Å². The van der Waals surface area contributed by atoms with Crippen LogP contribution < -0.4 is 11.1 Å². The molecule has 0 aromatic rings. The van der Waals surface area contributed by atoms with Crippen molar-refractivity contribution in [1.29, 1.82) is 0 Å². The second-order valence-corrected chi connectivity index (χ2v) is 3.93. The zero-order valence-electron chi connectivity index (χ0n) is 9.25. The standard InChI is InChI=1S/C9H14F3N3O2/c1-2-5(13)8(9(10,11)12)15-3-6(16)14-7(17)4-15/h5,8H,2-4,13H2,1H3,(H,14,16,17). The molecule has 2 unspecified atom stereocenters. The summed E-state index contributed by atoms with van der Waals surface area (Å²) in [5.74, 6) is -1.47. The van der Waals surface area contributed by atoms with Gasteiger partial charge in [-0.25, -0.2) is 0 Å². The largest absolute Gasteiger partial charge is 0.405 e. The molecule has 0 spiro atoms. The zero-order valence-corrected chi connectivity index (χ0v) is 9.25. The molecule has 1 fully saturated rings. The molecule has 0 bridgehead atoms. The molecule has 0 radical (unpaired) electrons. The number of halogens is 3. The highest BCUT2D eigenvalue weighted by Crippen LogP contribution is 2.28. The Morgan fingerprint density at radius 1 is 1.35 bits per heavy atom. The number of amides is 2. The highest BCUT2D eigenvalue weighted by Gasteiger charge is 2.48. The molecule has 3 N–H and O–H groups in total. The molecule has 0 aromatic carbocycles. The van der Waals surface area contributed by atoms with Crippen molar-refractivity contribution in [3.63, 3.8) is 0 Å². The smallest absolute Gasteiger partial charge is 0.326 e. The van der Waals surface area contributed by atoms with Crippen LogP contribution in [0.5, 0.6) is 0 Å². The number of nitrogens with two attached hydrogens (primary N) is 1. The van der Waals surface area contributed by atoms with E-state index in [1.165, 1.54) is 6.92 Å². The van der Waals surface area contributed by atoms with E-state index in [2.05, 4.69) is 0 Å². The van der Waals surface area contributed by atoms with E-state index in [0.717, 1.165) is 4.90 Å². The summed E-state index contributed by atoms with van der Waals surface area (Å²) in [6.07, 6.45) is -4.45. The van der Waals surface area contributed by atoms with Gasteiger partial charge in [0.2, 0.25) is 11.8 Å². The van der Waals surface area contributed by atoms with Crippen LogP contribution in [0.3, 0.4) is 0 Å². The molecule has 1 saturated heterocycles. The number of rotatable bonds is 3. The van der Waals surface area contributed by atoms with E-state index in [0.29, 0.717) is 0 Å². The Kier molecular flexibility index (Phi) is 4.10. The quantitative estimate of drug-likeness (QED) is 0.672. The number of nitrogens with one attached hydrogen (secondary N) is 1. The molecule has 2 amide bonds. The average molecular weight is 253 g/mol. The van der Waals surface area contributed by atoms with Crippen LogP contribution in [-0.4, -0.2) is 48.1 Å². The first-order chi connectivity index (χ1) is 7.75. The fourth-order valence-corrected chi connectivity index (χ4v) is 1.80. The molecule has 1 aliphatic heterocycles. The number of carbonyl (C=O) groups excluding carboxylic acids is 2. The molecule has 8 heteroatoms. The van der Waals surface area contributed by atoms with Crippen LogP contribution in [0.25, 0.3) is 0 Å². The summed E-state index contributed by atoms with van der Waals surface area (Å²) in [6.45, 7) is 0.586. The van der Waals surface area contributed by atoms with E-state index < -0.39 is 43.2 Å². The summed E-state index contributed by atoms with van der Waals surface area (Å²) in [5.41, 5.74) is 5.42. The minimum absolute atomic E-state index is 0.108. The number of hydrogen-bond acceptors (Lipinski definition) is 4. The minimum Gasteiger partial charge on any atom is -0.326 e. The Bertz CT molecular complexity index is 303. The molecule has 17 heavy (non-hydrogen) atoms. The molecule has 1 rings (SSSR count). The van der Waals surface area contributed by atoms with Gasteiger partial charge in [-0.3, -0.25) is 19.8 Å². The van der Waals surface area contributed by atoms with E-state index in [4.69, 9.17) is 5.73 Å². The minimum atomic E-state index is -4.56. The molecule has 1 heterocycles. The number of piperazine rings is 1. The van der Waals surface area contributed by atoms with Gasteiger partial charge in [0.1, 0.15) is 6.04 Å². The van der Waals surface area contributed by atoms with Gasteiger partial charge in [0.15, 0.2) is 0 Å². The monoisotopic (exact) mass is 253 g/mol. The van der Waals surface area contributed by atoms with E-state index in [-0.39, 0.29) is 6.42 Å². The molecule has 5 nitrogen and oxygen atoms in total. The van der Waals surface area contributed by atoms with Crippen molar-refractivity contribution in [2.75, 3.05) is 13.1 Å². The fraction of sp³-hybridized carbons (Fsp3) is 0.778. The maximum atomic E-state index is 12.8. The van der Waals surface area contributed by atoms with Gasteiger partial charge in [-0.05, 0) is 6.42 Å². The Labute approximate surface area is 96.1 Å². The van der Waals surface area contributed by atoms with E-state index in [1.54, 1.807) is 0 Å². The SMILES string of the molecule is CCC(N)C(N1CC(=O)NC(=O)C1)C(F)(F)F. The van der Waals surface area contributed by atoms with Gasteiger partial charge in [0.25, 0.3) is 0 Å². The van der Waals surface area contributed by atoms with Gasteiger partial charge in [0, 0.05) is 6.04 Å². The topological polar surface area (TPSA) is 75.4 Å². The lowest BCUT2D eigenvalue weighted by molar-refractivity contribution is -0.192. The Morgan fingerprint density at radius 2 is 1.82 bits per heavy atom. The molecule has 98 valence electrons. The van der Waals surface area contributed by atoms with E-state index in [1.807, 2.05) is 5.32 Å². The second kappa shape index (κ2) is 5.01. The maximum Gasteiger partial charge on any atom is 0.405 e. The molecule has 0 saturated carbocycles. The Hall–Kier alpha value is -1.15. The lowest BCUT2D eigenvalue weighted by atomic mass is 10.0. The van der Waals surface area contributed by atoms with Gasteiger partial charge < -0.3 is 5.73 Å². The third-order valence-electron chi connectivity index (χ3n) is 2.58. The fourth-order valence-electron chi connectivity index (χ4n) is 1.80. The zero-order chi connectivity index (χ0) is 13.2.